The lowest BCUT2D eigenvalue weighted by atomic mass is 10.2. The number of carbonyl (C=O) groups is 1. The molecule has 4 nitrogen and oxygen atoms in total. The summed E-state index contributed by atoms with van der Waals surface area (Å²) in [5.74, 6) is -0.454. The second kappa shape index (κ2) is 7.50. The number of carbonyl (C=O) groups excluding carboxylic acids is 1. The molecule has 0 aromatic rings. The lowest BCUT2D eigenvalue weighted by Crippen LogP contribution is -2.49. The molecular weight excluding hydrogens is 237 g/mol. The smallest absolute Gasteiger partial charge is 0.395 e. The number of nitrogens with zero attached hydrogens (tertiary/aromatic N) is 1. The molecule has 1 unspecified atom stereocenters. The van der Waals surface area contributed by atoms with E-state index in [-0.39, 0.29) is 6.54 Å². The molecule has 2 N–H and O–H groups in total. The molecule has 1 atom stereocenters. The molecule has 0 aliphatic rings. The van der Waals surface area contributed by atoms with Gasteiger partial charge in [-0.15, -0.1) is 0 Å². The molecule has 0 aliphatic heterocycles. The van der Waals surface area contributed by atoms with E-state index in [1.165, 1.54) is 6.92 Å². The predicted molar refractivity (Wildman–Crippen MR) is 57.5 cm³/mol. The minimum absolute atomic E-state index is 0.180. The third-order valence-corrected chi connectivity index (χ3v) is 2.25. The summed E-state index contributed by atoms with van der Waals surface area (Å²) in [7, 11) is 0. The van der Waals surface area contributed by atoms with Gasteiger partial charge in [0.15, 0.2) is 0 Å². The largest absolute Gasteiger partial charge is 0.401 e. The van der Waals surface area contributed by atoms with Crippen molar-refractivity contribution in [1.29, 1.82) is 0 Å². The first-order chi connectivity index (χ1) is 7.81. The lowest BCUT2D eigenvalue weighted by Gasteiger charge is -2.28. The van der Waals surface area contributed by atoms with Gasteiger partial charge in [-0.25, -0.2) is 0 Å². The number of amides is 1. The minimum atomic E-state index is -4.38. The Morgan fingerprint density at radius 2 is 2.06 bits per heavy atom. The summed E-state index contributed by atoms with van der Waals surface area (Å²) in [6.07, 6.45) is -3.66. The van der Waals surface area contributed by atoms with Crippen LogP contribution in [-0.4, -0.2) is 54.4 Å². The summed E-state index contributed by atoms with van der Waals surface area (Å²) in [6.45, 7) is 1.89. The van der Waals surface area contributed by atoms with Gasteiger partial charge in [-0.2, -0.15) is 13.2 Å². The van der Waals surface area contributed by atoms with Crippen LogP contribution in [0.1, 0.15) is 20.3 Å². The Labute approximate surface area is 98.8 Å². The van der Waals surface area contributed by atoms with Crippen molar-refractivity contribution in [3.8, 4) is 0 Å². The molecule has 0 heterocycles. The first-order valence-electron chi connectivity index (χ1n) is 5.51. The van der Waals surface area contributed by atoms with Crippen molar-refractivity contribution in [2.45, 2.75) is 32.5 Å². The number of rotatable bonds is 7. The normalized spacial score (nSPS) is 13.8. The maximum Gasteiger partial charge on any atom is 0.401 e. The van der Waals surface area contributed by atoms with Crippen LogP contribution >= 0.6 is 0 Å². The molecule has 102 valence electrons. The molecule has 0 saturated heterocycles. The van der Waals surface area contributed by atoms with Gasteiger partial charge in [-0.3, -0.25) is 9.69 Å². The van der Waals surface area contributed by atoms with Crippen molar-refractivity contribution in [1.82, 2.24) is 10.2 Å². The monoisotopic (exact) mass is 256 g/mol. The van der Waals surface area contributed by atoms with E-state index < -0.39 is 31.3 Å². The maximum atomic E-state index is 12.2. The fourth-order valence-corrected chi connectivity index (χ4v) is 1.33. The predicted octanol–water partition coefficient (Wildman–Crippen LogP) is 0.758. The Kier molecular flexibility index (Phi) is 7.13. The highest BCUT2D eigenvalue weighted by Crippen LogP contribution is 2.17. The van der Waals surface area contributed by atoms with E-state index in [0.29, 0.717) is 6.54 Å². The van der Waals surface area contributed by atoms with Crippen LogP contribution in [0.4, 0.5) is 13.2 Å². The molecule has 0 bridgehead atoms. The standard InChI is InChI=1S/C10H19F3N2O2/c1-3-4-14-9(17)8(2)15(5-6-16)7-10(11,12)13/h8,16H,3-7H2,1-2H3,(H,14,17). The highest BCUT2D eigenvalue weighted by Gasteiger charge is 2.34. The van der Waals surface area contributed by atoms with Crippen LogP contribution in [0.15, 0.2) is 0 Å². The molecule has 0 aromatic carbocycles. The van der Waals surface area contributed by atoms with Crippen LogP contribution in [0.2, 0.25) is 0 Å². The topological polar surface area (TPSA) is 52.6 Å². The van der Waals surface area contributed by atoms with Gasteiger partial charge in [0.25, 0.3) is 0 Å². The molecule has 0 rings (SSSR count). The van der Waals surface area contributed by atoms with Crippen molar-refractivity contribution in [2.75, 3.05) is 26.2 Å². The quantitative estimate of drug-likeness (QED) is 0.707. The van der Waals surface area contributed by atoms with E-state index in [4.69, 9.17) is 5.11 Å². The van der Waals surface area contributed by atoms with Crippen molar-refractivity contribution in [2.24, 2.45) is 0 Å². The molecule has 0 aliphatic carbocycles. The van der Waals surface area contributed by atoms with E-state index in [1.807, 2.05) is 6.92 Å². The third kappa shape index (κ3) is 7.17. The van der Waals surface area contributed by atoms with E-state index >= 15 is 0 Å². The zero-order valence-electron chi connectivity index (χ0n) is 10.0. The van der Waals surface area contributed by atoms with Gasteiger partial charge in [-0.05, 0) is 13.3 Å². The second-order valence-electron chi connectivity index (χ2n) is 3.78. The minimum Gasteiger partial charge on any atom is -0.395 e. The van der Waals surface area contributed by atoms with Gasteiger partial charge in [0.1, 0.15) is 0 Å². The van der Waals surface area contributed by atoms with Crippen LogP contribution < -0.4 is 5.32 Å². The zero-order valence-corrected chi connectivity index (χ0v) is 10.0. The van der Waals surface area contributed by atoms with Crippen LogP contribution in [0.3, 0.4) is 0 Å². The van der Waals surface area contributed by atoms with Gasteiger partial charge >= 0.3 is 6.18 Å². The Balaban J connectivity index is 4.42. The molecule has 0 aromatic heterocycles. The van der Waals surface area contributed by atoms with E-state index in [0.717, 1.165) is 11.3 Å². The van der Waals surface area contributed by atoms with E-state index in [2.05, 4.69) is 5.32 Å². The first kappa shape index (κ1) is 16.2. The number of halogens is 3. The number of hydrogen-bond donors (Lipinski definition) is 2. The first-order valence-corrected chi connectivity index (χ1v) is 5.51. The van der Waals surface area contributed by atoms with Crippen LogP contribution in [-0.2, 0) is 4.79 Å². The average molecular weight is 256 g/mol. The maximum absolute atomic E-state index is 12.2. The number of aliphatic hydroxyl groups is 1. The summed E-state index contributed by atoms with van der Waals surface area (Å²) in [5.41, 5.74) is 0. The Hall–Kier alpha value is -0.820. The van der Waals surface area contributed by atoms with Crippen molar-refractivity contribution in [3.63, 3.8) is 0 Å². The van der Waals surface area contributed by atoms with Crippen LogP contribution in [0.25, 0.3) is 0 Å². The summed E-state index contributed by atoms with van der Waals surface area (Å²) in [4.78, 5) is 12.4. The van der Waals surface area contributed by atoms with Crippen molar-refractivity contribution in [3.05, 3.63) is 0 Å². The highest BCUT2D eigenvalue weighted by atomic mass is 19.4. The molecular formula is C10H19F3N2O2. The Bertz CT molecular complexity index is 234. The van der Waals surface area contributed by atoms with Gasteiger partial charge in [0, 0.05) is 13.1 Å². The van der Waals surface area contributed by atoms with Crippen molar-refractivity contribution >= 4 is 5.91 Å². The van der Waals surface area contributed by atoms with Crippen LogP contribution in [0.5, 0.6) is 0 Å². The zero-order chi connectivity index (χ0) is 13.5. The third-order valence-electron chi connectivity index (χ3n) is 2.25. The highest BCUT2D eigenvalue weighted by molar-refractivity contribution is 5.81. The molecule has 0 spiro atoms. The van der Waals surface area contributed by atoms with E-state index in [9.17, 15) is 18.0 Å². The van der Waals surface area contributed by atoms with Gasteiger partial charge in [-0.1, -0.05) is 6.92 Å². The molecule has 0 saturated carbocycles. The summed E-state index contributed by atoms with van der Waals surface area (Å²) < 4.78 is 36.7. The fourth-order valence-electron chi connectivity index (χ4n) is 1.33. The SMILES string of the molecule is CCCNC(=O)C(C)N(CCO)CC(F)(F)F. The molecule has 17 heavy (non-hydrogen) atoms. The number of hydrogen-bond acceptors (Lipinski definition) is 3. The molecule has 0 fully saturated rings. The summed E-state index contributed by atoms with van der Waals surface area (Å²) in [6, 6.07) is -0.907. The second-order valence-corrected chi connectivity index (χ2v) is 3.78. The van der Waals surface area contributed by atoms with Crippen LogP contribution in [0, 0.1) is 0 Å². The molecule has 0 radical (unpaired) electrons. The average Bonchev–Trinajstić information content (AvgIpc) is 2.22. The number of aliphatic hydroxyl groups excluding tert-OH is 1. The summed E-state index contributed by atoms with van der Waals surface area (Å²) >= 11 is 0. The lowest BCUT2D eigenvalue weighted by molar-refractivity contribution is -0.155. The van der Waals surface area contributed by atoms with Gasteiger partial charge in [0.05, 0.1) is 19.2 Å². The Morgan fingerprint density at radius 3 is 2.47 bits per heavy atom. The Morgan fingerprint density at radius 1 is 1.47 bits per heavy atom. The number of nitrogens with one attached hydrogen (secondary N) is 1. The fraction of sp³-hybridized carbons (Fsp3) is 0.900. The molecule has 7 heteroatoms. The van der Waals surface area contributed by atoms with Gasteiger partial charge in [0.2, 0.25) is 5.91 Å². The summed E-state index contributed by atoms with van der Waals surface area (Å²) in [5, 5.41) is 11.2. The number of alkyl halides is 3. The van der Waals surface area contributed by atoms with Crippen molar-refractivity contribution < 1.29 is 23.1 Å². The van der Waals surface area contributed by atoms with E-state index in [1.54, 1.807) is 0 Å². The van der Waals surface area contributed by atoms with Gasteiger partial charge < -0.3 is 10.4 Å². The molecule has 1 amide bonds.